The van der Waals surface area contributed by atoms with Crippen LogP contribution in [-0.2, 0) is 22.6 Å². The fourth-order valence-corrected chi connectivity index (χ4v) is 7.48. The zero-order chi connectivity index (χ0) is 22.7. The van der Waals surface area contributed by atoms with E-state index in [4.69, 9.17) is 5.73 Å². The molecule has 2 aliphatic heterocycles. The van der Waals surface area contributed by atoms with Gasteiger partial charge in [-0.15, -0.1) is 11.8 Å². The average molecular weight is 469 g/mol. The number of anilines is 3. The van der Waals surface area contributed by atoms with Crippen LogP contribution in [0.4, 0.5) is 21.8 Å². The van der Waals surface area contributed by atoms with E-state index in [1.807, 2.05) is 17.0 Å². The molecule has 3 heterocycles. The fourth-order valence-electron chi connectivity index (χ4n) is 6.03. The van der Waals surface area contributed by atoms with Crippen LogP contribution in [0.3, 0.4) is 0 Å². The number of carbonyl (C=O) groups excluding carboxylic acids is 2. The summed E-state index contributed by atoms with van der Waals surface area (Å²) in [6, 6.07) is 5.67. The van der Waals surface area contributed by atoms with Gasteiger partial charge in [-0.2, -0.15) is 4.98 Å². The van der Waals surface area contributed by atoms with E-state index < -0.39 is 5.82 Å². The maximum Gasteiger partial charge on any atom is 0.232 e. The third-order valence-corrected chi connectivity index (χ3v) is 8.95. The van der Waals surface area contributed by atoms with Crippen LogP contribution in [0.5, 0.6) is 0 Å². The fraction of sp³-hybridized carbons (Fsp3) is 0.478. The van der Waals surface area contributed by atoms with Gasteiger partial charge in [0.2, 0.25) is 17.8 Å². The molecule has 33 heavy (non-hydrogen) atoms. The second-order valence-electron chi connectivity index (χ2n) is 9.41. The molecule has 2 aliphatic carbocycles. The van der Waals surface area contributed by atoms with Crippen LogP contribution in [0.15, 0.2) is 24.4 Å². The van der Waals surface area contributed by atoms with E-state index in [9.17, 15) is 14.0 Å². The van der Waals surface area contributed by atoms with Gasteiger partial charge in [-0.3, -0.25) is 9.59 Å². The van der Waals surface area contributed by atoms with E-state index in [0.717, 1.165) is 36.7 Å². The van der Waals surface area contributed by atoms with Crippen molar-refractivity contribution >= 4 is 41.0 Å². The van der Waals surface area contributed by atoms with Gasteiger partial charge in [-0.05, 0) is 54.4 Å². The summed E-state index contributed by atoms with van der Waals surface area (Å²) in [6.45, 7) is 1.29. The van der Waals surface area contributed by atoms with Crippen LogP contribution in [0.25, 0.3) is 0 Å². The highest BCUT2D eigenvalue weighted by atomic mass is 32.2. The number of amides is 2. The third kappa shape index (κ3) is 3.60. The Kier molecular flexibility index (Phi) is 4.93. The number of halogens is 1. The maximum atomic E-state index is 14.7. The zero-order valence-corrected chi connectivity index (χ0v) is 18.8. The van der Waals surface area contributed by atoms with E-state index in [-0.39, 0.29) is 52.6 Å². The number of thioether (sulfide) groups is 1. The molecule has 8 nitrogen and oxygen atoms in total. The molecular weight excluding hydrogens is 443 g/mol. The SMILES string of the molecule is NC(=O)C1C2CC3SCC(=O)N4CCc5ccc(cc5C4)Nc4ncc(F)c(n4)NC1C3C2. The van der Waals surface area contributed by atoms with Crippen molar-refractivity contribution in [1.29, 1.82) is 0 Å². The highest BCUT2D eigenvalue weighted by Crippen LogP contribution is 2.53. The average Bonchev–Trinajstić information content (AvgIpc) is 3.37. The molecule has 2 aromatic rings. The summed E-state index contributed by atoms with van der Waals surface area (Å²) in [5.74, 6) is -0.219. The Hall–Kier alpha value is -2.88. The lowest BCUT2D eigenvalue weighted by Gasteiger charge is -2.35. The lowest BCUT2D eigenvalue weighted by atomic mass is 9.83. The van der Waals surface area contributed by atoms with Crippen molar-refractivity contribution in [3.8, 4) is 0 Å². The van der Waals surface area contributed by atoms with Crippen LogP contribution >= 0.6 is 11.8 Å². The Bertz CT molecular complexity index is 1150. The molecule has 2 fully saturated rings. The first-order valence-corrected chi connectivity index (χ1v) is 12.4. The molecule has 7 bridgehead atoms. The first kappa shape index (κ1) is 20.7. The molecule has 5 atom stereocenters. The normalized spacial score (nSPS) is 30.2. The molecular formula is C23H25FN6O2S. The second-order valence-corrected chi connectivity index (χ2v) is 10.6. The smallest absolute Gasteiger partial charge is 0.232 e. The summed E-state index contributed by atoms with van der Waals surface area (Å²) in [4.78, 5) is 35.7. The Balaban J connectivity index is 1.39. The number of nitrogens with two attached hydrogens (primary N) is 1. The molecule has 2 amide bonds. The van der Waals surface area contributed by atoms with Crippen molar-refractivity contribution in [3.63, 3.8) is 0 Å². The van der Waals surface area contributed by atoms with E-state index in [1.54, 1.807) is 11.8 Å². The third-order valence-electron chi connectivity index (χ3n) is 7.57. The quantitative estimate of drug-likeness (QED) is 0.588. The summed E-state index contributed by atoms with van der Waals surface area (Å²) in [6.07, 6.45) is 3.65. The van der Waals surface area contributed by atoms with Gasteiger partial charge in [0.15, 0.2) is 11.6 Å². The van der Waals surface area contributed by atoms with Crippen LogP contribution in [-0.4, -0.2) is 50.3 Å². The minimum absolute atomic E-state index is 0.0624. The summed E-state index contributed by atoms with van der Waals surface area (Å²) in [7, 11) is 0. The number of nitrogens with one attached hydrogen (secondary N) is 2. The molecule has 6 rings (SSSR count). The van der Waals surface area contributed by atoms with Crippen molar-refractivity contribution in [2.75, 3.05) is 22.9 Å². The van der Waals surface area contributed by atoms with E-state index in [2.05, 4.69) is 26.7 Å². The minimum Gasteiger partial charge on any atom is -0.369 e. The Morgan fingerprint density at radius 2 is 2.15 bits per heavy atom. The monoisotopic (exact) mass is 468 g/mol. The van der Waals surface area contributed by atoms with E-state index in [1.165, 1.54) is 5.56 Å². The zero-order valence-electron chi connectivity index (χ0n) is 18.0. The molecule has 10 heteroatoms. The van der Waals surface area contributed by atoms with Gasteiger partial charge in [0, 0.05) is 30.1 Å². The number of primary amides is 1. The molecule has 172 valence electrons. The topological polar surface area (TPSA) is 113 Å². The van der Waals surface area contributed by atoms with Crippen LogP contribution in [0, 0.1) is 23.6 Å². The van der Waals surface area contributed by atoms with Gasteiger partial charge >= 0.3 is 0 Å². The lowest BCUT2D eigenvalue weighted by Crippen LogP contribution is -2.46. The summed E-state index contributed by atoms with van der Waals surface area (Å²) >= 11 is 1.65. The number of aromatic nitrogens is 2. The highest BCUT2D eigenvalue weighted by molar-refractivity contribution is 8.00. The summed E-state index contributed by atoms with van der Waals surface area (Å²) in [5.41, 5.74) is 8.85. The van der Waals surface area contributed by atoms with Crippen LogP contribution < -0.4 is 16.4 Å². The summed E-state index contributed by atoms with van der Waals surface area (Å²) in [5, 5.41) is 6.56. The first-order valence-electron chi connectivity index (χ1n) is 11.3. The number of rotatable bonds is 1. The molecule has 2 saturated carbocycles. The molecule has 5 unspecified atom stereocenters. The van der Waals surface area contributed by atoms with Crippen molar-refractivity contribution in [1.82, 2.24) is 14.9 Å². The van der Waals surface area contributed by atoms with Crippen LogP contribution in [0.2, 0.25) is 0 Å². The predicted octanol–water partition coefficient (Wildman–Crippen LogP) is 2.28. The second kappa shape index (κ2) is 7.86. The van der Waals surface area contributed by atoms with Gasteiger partial charge in [0.05, 0.1) is 17.9 Å². The molecule has 0 saturated heterocycles. The largest absolute Gasteiger partial charge is 0.369 e. The number of fused-ring (bicyclic) bond motifs is 5. The van der Waals surface area contributed by atoms with Gasteiger partial charge in [-0.1, -0.05) is 6.07 Å². The standard InChI is InChI=1S/C23H25FN6O2S/c24-16-8-26-23-27-14-2-1-11-3-4-30(9-13(11)5-14)18(31)10-33-17-7-12-6-15(17)20(19(12)21(25)32)28-22(16)29-23/h1-2,5,8,12,15,17,19-20H,3-4,6-7,9-10H2,(H2,25,32)(H2,26,27,28,29). The lowest BCUT2D eigenvalue weighted by molar-refractivity contribution is -0.129. The molecule has 1 aromatic carbocycles. The molecule has 0 radical (unpaired) electrons. The summed E-state index contributed by atoms with van der Waals surface area (Å²) < 4.78 is 14.7. The van der Waals surface area contributed by atoms with Gasteiger partial charge < -0.3 is 21.3 Å². The Labute approximate surface area is 194 Å². The molecule has 1 aromatic heterocycles. The maximum absolute atomic E-state index is 14.7. The predicted molar refractivity (Wildman–Crippen MR) is 123 cm³/mol. The first-order chi connectivity index (χ1) is 16.0. The van der Waals surface area contributed by atoms with Gasteiger partial charge in [-0.25, -0.2) is 9.37 Å². The molecule has 4 aliphatic rings. The van der Waals surface area contributed by atoms with Gasteiger partial charge in [0.25, 0.3) is 0 Å². The molecule has 0 spiro atoms. The minimum atomic E-state index is -0.576. The number of hydrogen-bond acceptors (Lipinski definition) is 7. The Morgan fingerprint density at radius 1 is 1.27 bits per heavy atom. The van der Waals surface area contributed by atoms with E-state index in [0.29, 0.717) is 18.8 Å². The van der Waals surface area contributed by atoms with Crippen LogP contribution in [0.1, 0.15) is 24.0 Å². The van der Waals surface area contributed by atoms with Crippen molar-refractivity contribution in [3.05, 3.63) is 41.3 Å². The van der Waals surface area contributed by atoms with Crippen molar-refractivity contribution in [2.24, 2.45) is 23.5 Å². The number of benzene rings is 1. The van der Waals surface area contributed by atoms with Gasteiger partial charge in [0.1, 0.15) is 0 Å². The highest BCUT2D eigenvalue weighted by Gasteiger charge is 2.55. The number of carbonyl (C=O) groups is 2. The molecule has 4 N–H and O–H groups in total. The van der Waals surface area contributed by atoms with Crippen molar-refractivity contribution in [2.45, 2.75) is 37.1 Å². The number of hydrogen-bond donors (Lipinski definition) is 3. The number of nitrogens with zero attached hydrogens (tertiary/aromatic N) is 3. The van der Waals surface area contributed by atoms with E-state index >= 15 is 0 Å². The van der Waals surface area contributed by atoms with Crippen molar-refractivity contribution < 1.29 is 14.0 Å². The Morgan fingerprint density at radius 3 is 3.00 bits per heavy atom.